The van der Waals surface area contributed by atoms with Crippen molar-refractivity contribution in [2.45, 2.75) is 6.92 Å². The van der Waals surface area contributed by atoms with Crippen LogP contribution in [0.5, 0.6) is 11.5 Å². The number of ether oxygens (including phenoxy) is 2. The summed E-state index contributed by atoms with van der Waals surface area (Å²) in [5.41, 5.74) is 11.4. The van der Waals surface area contributed by atoms with Crippen molar-refractivity contribution in [3.05, 3.63) is 109 Å². The molecule has 2 nitrogen and oxygen atoms in total. The smallest absolute Gasteiger partial charge is 0.118 e. The highest BCUT2D eigenvalue weighted by atomic mass is 16.5. The number of rotatable bonds is 4. The van der Waals surface area contributed by atoms with Crippen LogP contribution in [-0.2, 0) is 0 Å². The normalized spacial score (nSPS) is 11.6. The third kappa shape index (κ3) is 3.19. The monoisotopic (exact) mass is 478 g/mol. The van der Waals surface area contributed by atoms with Gasteiger partial charge in [0, 0.05) is 0 Å². The molecule has 6 aromatic carbocycles. The zero-order valence-corrected chi connectivity index (χ0v) is 21.1. The predicted octanol–water partition coefficient (Wildman–Crippen LogP) is 9.30. The quantitative estimate of drug-likeness (QED) is 0.251. The molecule has 0 unspecified atom stereocenters. The minimum Gasteiger partial charge on any atom is -0.497 e. The van der Waals surface area contributed by atoms with E-state index in [1.807, 2.05) is 0 Å². The average molecular weight is 479 g/mol. The molecule has 0 fully saturated rings. The second-order valence-electron chi connectivity index (χ2n) is 9.72. The fourth-order valence-electron chi connectivity index (χ4n) is 6.01. The van der Waals surface area contributed by atoms with Gasteiger partial charge < -0.3 is 9.47 Å². The molecule has 178 valence electrons. The summed E-state index contributed by atoms with van der Waals surface area (Å²) in [6.45, 7) is 2.17. The van der Waals surface area contributed by atoms with Crippen molar-refractivity contribution in [2.75, 3.05) is 14.2 Å². The fourth-order valence-corrected chi connectivity index (χ4v) is 6.01. The minimum absolute atomic E-state index is 0.862. The minimum atomic E-state index is 0.862. The molecular formula is C35H26O2. The number of hydrogen-bond acceptors (Lipinski definition) is 2. The maximum atomic E-state index is 5.49. The van der Waals surface area contributed by atoms with E-state index in [0.717, 1.165) is 11.5 Å². The topological polar surface area (TPSA) is 18.5 Å². The molecule has 37 heavy (non-hydrogen) atoms. The van der Waals surface area contributed by atoms with Crippen LogP contribution in [0.4, 0.5) is 0 Å². The van der Waals surface area contributed by atoms with Crippen LogP contribution < -0.4 is 9.47 Å². The van der Waals surface area contributed by atoms with E-state index in [4.69, 9.17) is 9.47 Å². The predicted molar refractivity (Wildman–Crippen MR) is 155 cm³/mol. The van der Waals surface area contributed by atoms with Gasteiger partial charge in [-0.2, -0.15) is 0 Å². The second-order valence-corrected chi connectivity index (χ2v) is 9.72. The molecule has 0 radical (unpaired) electrons. The Hall–Kier alpha value is -4.56. The van der Waals surface area contributed by atoms with E-state index in [1.165, 1.54) is 71.6 Å². The van der Waals surface area contributed by atoms with Gasteiger partial charge in [0.05, 0.1) is 14.2 Å². The SMILES string of the molecule is COc1ccc(-c2c3c(c(-c4ccc(OC)cc4)c4cc(C)ccc24)-c2cccc4cccc-3c24)cc1. The number of aryl methyl sites for hydroxylation is 1. The lowest BCUT2D eigenvalue weighted by Crippen LogP contribution is -1.94. The summed E-state index contributed by atoms with van der Waals surface area (Å²) in [4.78, 5) is 0. The summed E-state index contributed by atoms with van der Waals surface area (Å²) in [5.74, 6) is 1.72. The molecule has 1 aliphatic carbocycles. The standard InChI is InChI=1S/C35H26O2/c1-21-10-19-27-30(20-21)33(24-13-17-26(37-3)18-14-24)35-29-9-5-7-22-6-4-8-28(31(22)29)34(35)32(27)23-11-15-25(36-2)16-12-23/h4-20H,1-3H3. The molecule has 0 heterocycles. The Bertz CT molecular complexity index is 1820. The highest BCUT2D eigenvalue weighted by Crippen LogP contribution is 2.57. The summed E-state index contributed by atoms with van der Waals surface area (Å²) in [6.07, 6.45) is 0. The van der Waals surface area contributed by atoms with Crippen LogP contribution in [0.15, 0.2) is 103 Å². The Morgan fingerprint density at radius 2 is 1.00 bits per heavy atom. The highest BCUT2D eigenvalue weighted by Gasteiger charge is 2.30. The van der Waals surface area contributed by atoms with Gasteiger partial charge in [-0.1, -0.05) is 84.4 Å². The maximum absolute atomic E-state index is 5.49. The van der Waals surface area contributed by atoms with Gasteiger partial charge in [0.2, 0.25) is 0 Å². The first-order chi connectivity index (χ1) is 18.2. The van der Waals surface area contributed by atoms with E-state index in [9.17, 15) is 0 Å². The molecule has 0 bridgehead atoms. The van der Waals surface area contributed by atoms with Crippen LogP contribution >= 0.6 is 0 Å². The lowest BCUT2D eigenvalue weighted by molar-refractivity contribution is 0.415. The van der Waals surface area contributed by atoms with E-state index >= 15 is 0 Å². The molecule has 1 aliphatic rings. The van der Waals surface area contributed by atoms with E-state index in [2.05, 4.69) is 110 Å². The average Bonchev–Trinajstić information content (AvgIpc) is 3.27. The van der Waals surface area contributed by atoms with Crippen molar-refractivity contribution < 1.29 is 9.47 Å². The Morgan fingerprint density at radius 3 is 1.51 bits per heavy atom. The Kier molecular flexibility index (Phi) is 4.84. The number of fused-ring (bicyclic) bond motifs is 4. The number of benzene rings is 6. The molecule has 0 aromatic heterocycles. The lowest BCUT2D eigenvalue weighted by Gasteiger charge is -2.21. The van der Waals surface area contributed by atoms with E-state index in [1.54, 1.807) is 14.2 Å². The van der Waals surface area contributed by atoms with E-state index in [-0.39, 0.29) is 0 Å². The maximum Gasteiger partial charge on any atom is 0.118 e. The molecule has 6 aromatic rings. The molecule has 0 spiro atoms. The van der Waals surface area contributed by atoms with Crippen LogP contribution in [0.25, 0.3) is 66.1 Å². The summed E-state index contributed by atoms with van der Waals surface area (Å²) in [5, 5.41) is 5.12. The van der Waals surface area contributed by atoms with Crippen molar-refractivity contribution in [1.82, 2.24) is 0 Å². The molecule has 0 N–H and O–H groups in total. The van der Waals surface area contributed by atoms with Crippen LogP contribution in [0.2, 0.25) is 0 Å². The zero-order valence-electron chi connectivity index (χ0n) is 21.1. The molecule has 7 rings (SSSR count). The van der Waals surface area contributed by atoms with Gasteiger partial charge in [-0.3, -0.25) is 0 Å². The van der Waals surface area contributed by atoms with Gasteiger partial charge in [0.25, 0.3) is 0 Å². The first-order valence-corrected chi connectivity index (χ1v) is 12.6. The van der Waals surface area contributed by atoms with Crippen molar-refractivity contribution in [3.63, 3.8) is 0 Å². The molecule has 0 saturated heterocycles. The molecule has 0 amide bonds. The Morgan fingerprint density at radius 1 is 0.486 bits per heavy atom. The van der Waals surface area contributed by atoms with Gasteiger partial charge in [0.1, 0.15) is 11.5 Å². The lowest BCUT2D eigenvalue weighted by atomic mass is 9.82. The van der Waals surface area contributed by atoms with Crippen LogP contribution in [0, 0.1) is 6.92 Å². The Labute approximate surface area is 216 Å². The van der Waals surface area contributed by atoms with Crippen LogP contribution in [-0.4, -0.2) is 14.2 Å². The summed E-state index contributed by atoms with van der Waals surface area (Å²) in [7, 11) is 3.43. The van der Waals surface area contributed by atoms with E-state index < -0.39 is 0 Å². The molecular weight excluding hydrogens is 452 g/mol. The van der Waals surface area contributed by atoms with Crippen LogP contribution in [0.3, 0.4) is 0 Å². The van der Waals surface area contributed by atoms with Gasteiger partial charge in [-0.05, 0) is 97.2 Å². The van der Waals surface area contributed by atoms with Gasteiger partial charge in [0.15, 0.2) is 0 Å². The van der Waals surface area contributed by atoms with E-state index in [0.29, 0.717) is 0 Å². The first kappa shape index (κ1) is 21.7. The molecule has 0 aliphatic heterocycles. The van der Waals surface area contributed by atoms with Crippen molar-refractivity contribution >= 4 is 21.5 Å². The molecule has 2 heteroatoms. The third-order valence-corrected chi connectivity index (χ3v) is 7.66. The van der Waals surface area contributed by atoms with Gasteiger partial charge >= 0.3 is 0 Å². The van der Waals surface area contributed by atoms with Gasteiger partial charge in [-0.25, -0.2) is 0 Å². The first-order valence-electron chi connectivity index (χ1n) is 12.6. The summed E-state index contributed by atoms with van der Waals surface area (Å²) < 4.78 is 11.0. The summed E-state index contributed by atoms with van der Waals surface area (Å²) in [6, 6.07) is 37.2. The zero-order chi connectivity index (χ0) is 25.1. The number of methoxy groups -OCH3 is 2. The second kappa shape index (κ2) is 8.25. The summed E-state index contributed by atoms with van der Waals surface area (Å²) >= 11 is 0. The third-order valence-electron chi connectivity index (χ3n) is 7.66. The van der Waals surface area contributed by atoms with Crippen molar-refractivity contribution in [2.24, 2.45) is 0 Å². The highest BCUT2D eigenvalue weighted by molar-refractivity contribution is 6.27. The van der Waals surface area contributed by atoms with Crippen molar-refractivity contribution in [1.29, 1.82) is 0 Å². The number of hydrogen-bond donors (Lipinski definition) is 0. The van der Waals surface area contributed by atoms with Crippen LogP contribution in [0.1, 0.15) is 5.56 Å². The fraction of sp³-hybridized carbons (Fsp3) is 0.0857. The largest absolute Gasteiger partial charge is 0.497 e. The van der Waals surface area contributed by atoms with Gasteiger partial charge in [-0.15, -0.1) is 0 Å². The van der Waals surface area contributed by atoms with Crippen molar-refractivity contribution in [3.8, 4) is 56.0 Å². The molecule has 0 atom stereocenters. The Balaban J connectivity index is 1.69. The molecule has 0 saturated carbocycles.